The summed E-state index contributed by atoms with van der Waals surface area (Å²) in [5, 5.41) is 26.5. The Hall–Kier alpha value is -4.03. The summed E-state index contributed by atoms with van der Waals surface area (Å²) in [4.78, 5) is 47.5. The number of carbonyl (C=O) groups is 3. The topological polar surface area (TPSA) is 200 Å². The molecule has 9 rings (SSSR count). The van der Waals surface area contributed by atoms with E-state index in [-0.39, 0.29) is 22.5 Å². The molecule has 0 amide bonds. The number of esters is 1. The minimum Gasteiger partial charge on any atom is -0.478 e. The number of nitrogen functional groups attached to an aromatic ring is 1. The van der Waals surface area contributed by atoms with Crippen molar-refractivity contribution >= 4 is 221 Å². The van der Waals surface area contributed by atoms with E-state index < -0.39 is 11.9 Å². The molecule has 9 aromatic rings. The van der Waals surface area contributed by atoms with Crippen molar-refractivity contribution in [3.05, 3.63) is 243 Å². The maximum Gasteiger partial charge on any atom is 0.337 e. The van der Waals surface area contributed by atoms with Crippen LogP contribution in [0.15, 0.2) is 163 Å². The lowest BCUT2D eigenvalue weighted by atomic mass is 10.1. The molecule has 86 heavy (non-hydrogen) atoms. The molecule has 0 aliphatic rings. The molecule has 0 spiro atoms. The van der Waals surface area contributed by atoms with E-state index in [0.29, 0.717) is 63.0 Å². The molecule has 0 saturated carbocycles. The summed E-state index contributed by atoms with van der Waals surface area (Å²) in [5.41, 5.74) is 13.8. The van der Waals surface area contributed by atoms with Crippen LogP contribution in [-0.4, -0.2) is 65.5 Å². The summed E-state index contributed by atoms with van der Waals surface area (Å²) < 4.78 is 23.9. The third kappa shape index (κ3) is 24.7. The molecule has 0 aliphatic heterocycles. The predicted molar refractivity (Wildman–Crippen MR) is 391 cm³/mol. The number of hydrogen-bond acceptors (Lipinski definition) is 10. The number of aromatic nitrogens is 1. The van der Waals surface area contributed by atoms with Crippen molar-refractivity contribution in [3.8, 4) is 0 Å². The van der Waals surface area contributed by atoms with Crippen LogP contribution >= 0.6 is 164 Å². The molecule has 8 aromatic carbocycles. The molecule has 0 aliphatic carbocycles. The number of rotatable bonds is 13. The molecular weight excluding hydrogens is 1720 g/mol. The number of benzene rings is 8. The number of nitrogens with one attached hydrogen (secondary N) is 2. The fourth-order valence-corrected chi connectivity index (χ4v) is 12.1. The molecule has 6 N–H and O–H groups in total. The second-order valence-corrected chi connectivity index (χ2v) is 24.0. The Labute approximate surface area is 588 Å². The fourth-order valence-electron chi connectivity index (χ4n) is 7.15. The predicted octanol–water partition coefficient (Wildman–Crippen LogP) is 19.5. The second-order valence-electron chi connectivity index (χ2n) is 17.2. The van der Waals surface area contributed by atoms with Crippen molar-refractivity contribution in [2.24, 2.45) is 0 Å². The molecule has 456 valence electrons. The number of hydrogen-bond donors (Lipinski definition) is 5. The zero-order chi connectivity index (χ0) is 63.9. The van der Waals surface area contributed by atoms with E-state index in [0.717, 1.165) is 57.4 Å². The number of aromatic carboxylic acids is 2. The van der Waals surface area contributed by atoms with E-state index in [9.17, 15) is 24.3 Å². The van der Waals surface area contributed by atoms with Gasteiger partial charge in [0.05, 0.1) is 53.2 Å². The van der Waals surface area contributed by atoms with Gasteiger partial charge in [0.25, 0.3) is 0 Å². The Morgan fingerprint density at radius 2 is 1.02 bits per heavy atom. The average molecular weight is 1780 g/mol. The monoisotopic (exact) mass is 1780 g/mol. The van der Waals surface area contributed by atoms with E-state index >= 15 is 0 Å². The highest BCUT2D eigenvalue weighted by molar-refractivity contribution is 14.1. The van der Waals surface area contributed by atoms with Gasteiger partial charge in [0, 0.05) is 107 Å². The zero-order valence-corrected chi connectivity index (χ0v) is 60.8. The summed E-state index contributed by atoms with van der Waals surface area (Å²) in [7, 11) is 4.85. The number of halogens is 10. The minimum absolute atomic E-state index is 0.0124. The van der Waals surface area contributed by atoms with Crippen molar-refractivity contribution in [1.29, 1.82) is 0 Å². The molecular formula is C63H59BrCl5I4N3O10. The Bertz CT molecular complexity index is 3670. The highest BCUT2D eigenvalue weighted by Crippen LogP contribution is 2.30. The number of fused-ring (bicyclic) bond motifs is 2. The average Bonchev–Trinajstić information content (AvgIpc) is 3.07. The number of carbonyl (C=O) groups excluding carboxylic acids is 1. The van der Waals surface area contributed by atoms with Gasteiger partial charge in [0.2, 0.25) is 0 Å². The number of anilines is 3. The molecule has 23 heteroatoms. The van der Waals surface area contributed by atoms with Gasteiger partial charge >= 0.3 is 17.9 Å². The largest absolute Gasteiger partial charge is 0.478 e. The number of H-pyrrole nitrogens is 1. The standard InChI is InChI=1S/C15H14ClNO3.C15H12ClNO2.C8H8ClIO.C7H5BrClI.C7H6ClI.C7H7NO2.C4H7IO2/c1-20-9-11-12(16)6-4-8-14(11)17-13-7-3-2-5-10(13)15(18)19;1-19-8-11-12(16)7-6-10-14(11)17-13-5-3-2-4-9(13)15(10)18;1-11-5-6-7(9)3-2-4-8(6)10;8-4-5-6(9)2-1-3-7(5)10;1-5-6(8)3-2-4-7(5)9;8-6-4-2-1-3-5(6)7(9)10;1-2-7-4(6)3-5/h2-8,17H,9H2,1H3,(H,18,19);2-7H,8H2,1H3,(H,17,18);2-4H,5H2,1H3;1-3H,4H2;2-4H,1H3;1-4H,8H2,(H,9,10);2-3H2,1H3. The van der Waals surface area contributed by atoms with Gasteiger partial charge in [-0.15, -0.1) is 0 Å². The maximum absolute atomic E-state index is 12.5. The van der Waals surface area contributed by atoms with Gasteiger partial charge in [0.15, 0.2) is 5.43 Å². The normalized spacial score (nSPS) is 10.1. The number of methoxy groups -OCH3 is 3. The van der Waals surface area contributed by atoms with Crippen LogP contribution in [0.2, 0.25) is 25.1 Å². The summed E-state index contributed by atoms with van der Waals surface area (Å²) in [6.45, 7) is 5.59. The van der Waals surface area contributed by atoms with Gasteiger partial charge in [-0.2, -0.15) is 0 Å². The summed E-state index contributed by atoms with van der Waals surface area (Å²) in [6.07, 6.45) is 0. The first-order chi connectivity index (χ1) is 41.1. The van der Waals surface area contributed by atoms with Crippen LogP contribution in [-0.2, 0) is 48.9 Å². The number of carboxylic acids is 2. The summed E-state index contributed by atoms with van der Waals surface area (Å²) in [6, 6.07) is 47.0. The van der Waals surface area contributed by atoms with Gasteiger partial charge in [-0.25, -0.2) is 9.59 Å². The van der Waals surface area contributed by atoms with E-state index in [1.807, 2.05) is 114 Å². The summed E-state index contributed by atoms with van der Waals surface area (Å²) >= 11 is 42.1. The molecule has 0 radical (unpaired) electrons. The third-order valence-corrected chi connectivity index (χ3v) is 17.6. The van der Waals surface area contributed by atoms with Crippen molar-refractivity contribution in [1.82, 2.24) is 4.98 Å². The maximum atomic E-state index is 12.5. The van der Waals surface area contributed by atoms with Crippen LogP contribution in [0.1, 0.15) is 55.5 Å². The number of ether oxygens (including phenoxy) is 4. The minimum atomic E-state index is -0.988. The first-order valence-corrected chi connectivity index (χ1v) is 33.0. The SMILES string of the molecule is CCOC(=O)CI.COCc1c(Cl)ccc2c(=O)c3ccccc3[nH]c12.COCc1c(Cl)cccc1I.COCc1c(Cl)cccc1Nc1ccccc1C(=O)O.Cc1c(Cl)cccc1I.Clc1cccc(I)c1CBr.Nc1ccccc1C(=O)O. The molecule has 13 nitrogen and oxygen atoms in total. The lowest BCUT2D eigenvalue weighted by Crippen LogP contribution is -2.06. The van der Waals surface area contributed by atoms with Gasteiger partial charge in [0.1, 0.15) is 0 Å². The number of aromatic amines is 1. The Balaban J connectivity index is 0.000000272. The number of carboxylic acid groups (broad SMARTS) is 2. The van der Waals surface area contributed by atoms with Gasteiger partial charge in [-0.3, -0.25) is 9.59 Å². The number of nitrogens with two attached hydrogens (primary N) is 1. The van der Waals surface area contributed by atoms with Crippen molar-refractivity contribution < 1.29 is 43.5 Å². The molecule has 0 bridgehead atoms. The van der Waals surface area contributed by atoms with E-state index in [2.05, 4.69) is 98.7 Å². The Morgan fingerprint density at radius 1 is 0.558 bits per heavy atom. The van der Waals surface area contributed by atoms with E-state index in [1.54, 1.807) is 95.0 Å². The van der Waals surface area contributed by atoms with Crippen LogP contribution in [0, 0.1) is 17.6 Å². The molecule has 1 aromatic heterocycles. The number of para-hydroxylation sites is 3. The van der Waals surface area contributed by atoms with E-state index in [1.165, 1.54) is 24.3 Å². The van der Waals surface area contributed by atoms with Crippen LogP contribution in [0.3, 0.4) is 0 Å². The molecule has 0 unspecified atom stereocenters. The van der Waals surface area contributed by atoms with Crippen molar-refractivity contribution in [3.63, 3.8) is 0 Å². The third-order valence-electron chi connectivity index (χ3n) is 11.4. The van der Waals surface area contributed by atoms with Crippen molar-refractivity contribution in [2.45, 2.75) is 39.0 Å². The van der Waals surface area contributed by atoms with Crippen LogP contribution < -0.4 is 16.5 Å². The molecule has 0 fully saturated rings. The van der Waals surface area contributed by atoms with Gasteiger partial charge < -0.3 is 45.2 Å². The Kier molecular flexibility index (Phi) is 36.6. The number of pyridine rings is 1. The smallest absolute Gasteiger partial charge is 0.337 e. The van der Waals surface area contributed by atoms with Crippen LogP contribution in [0.5, 0.6) is 0 Å². The van der Waals surface area contributed by atoms with Crippen molar-refractivity contribution in [2.75, 3.05) is 43.4 Å². The summed E-state index contributed by atoms with van der Waals surface area (Å²) in [5.74, 6) is -2.11. The highest BCUT2D eigenvalue weighted by atomic mass is 127. The van der Waals surface area contributed by atoms with Gasteiger partial charge in [-0.05, 0) is 190 Å². The first-order valence-electron chi connectivity index (χ1n) is 25.3. The lowest BCUT2D eigenvalue weighted by Gasteiger charge is -2.14. The fraction of sp³-hybridized carbons (Fsp3) is 0.175. The van der Waals surface area contributed by atoms with Crippen LogP contribution in [0.25, 0.3) is 21.8 Å². The lowest BCUT2D eigenvalue weighted by molar-refractivity contribution is -0.139. The first kappa shape index (κ1) is 76.2. The zero-order valence-electron chi connectivity index (χ0n) is 46.8. The highest BCUT2D eigenvalue weighted by Gasteiger charge is 2.14. The Morgan fingerprint density at radius 3 is 1.51 bits per heavy atom. The second kappa shape index (κ2) is 41.3. The number of alkyl halides is 2. The molecule has 0 saturated heterocycles. The molecule has 0 atom stereocenters. The van der Waals surface area contributed by atoms with Crippen LogP contribution in [0.4, 0.5) is 17.1 Å². The van der Waals surface area contributed by atoms with Gasteiger partial charge in [-0.1, -0.05) is 157 Å². The van der Waals surface area contributed by atoms with E-state index in [4.69, 9.17) is 83.1 Å². The quantitative estimate of drug-likeness (QED) is 0.0241. The molecule has 1 heterocycles.